The quantitative estimate of drug-likeness (QED) is 0.693. The Labute approximate surface area is 145 Å². The van der Waals surface area contributed by atoms with Crippen LogP contribution in [0.25, 0.3) is 0 Å². The zero-order valence-corrected chi connectivity index (χ0v) is 14.9. The second kappa shape index (κ2) is 9.71. The lowest BCUT2D eigenvalue weighted by Crippen LogP contribution is -2.28. The molecule has 2 rings (SSSR count). The molecule has 0 bridgehead atoms. The number of halogens is 1. The molecular weight excluding hydrogens is 304 g/mol. The van der Waals surface area contributed by atoms with Crippen molar-refractivity contribution in [3.05, 3.63) is 70.7 Å². The van der Waals surface area contributed by atoms with E-state index in [-0.39, 0.29) is 0 Å². The number of hydrogen-bond donors (Lipinski definition) is 1. The van der Waals surface area contributed by atoms with E-state index in [4.69, 9.17) is 11.6 Å². The smallest absolute Gasteiger partial charge is 0.0406 e. The Morgan fingerprint density at radius 2 is 1.65 bits per heavy atom. The molecule has 0 heterocycles. The van der Waals surface area contributed by atoms with Crippen molar-refractivity contribution in [1.29, 1.82) is 0 Å². The van der Waals surface area contributed by atoms with Crippen LogP contribution in [-0.2, 0) is 6.42 Å². The van der Waals surface area contributed by atoms with Crippen molar-refractivity contribution < 1.29 is 0 Å². The Hall–Kier alpha value is -1.35. The van der Waals surface area contributed by atoms with Gasteiger partial charge in [0.15, 0.2) is 0 Å². The Kier molecular flexibility index (Phi) is 7.60. The fraction of sp³-hybridized carbons (Fsp3) is 0.400. The average Bonchev–Trinajstić information content (AvgIpc) is 2.55. The van der Waals surface area contributed by atoms with Crippen molar-refractivity contribution in [3.8, 4) is 0 Å². The summed E-state index contributed by atoms with van der Waals surface area (Å²) in [5.74, 6) is 0.515. The number of benzene rings is 2. The fourth-order valence-corrected chi connectivity index (χ4v) is 2.85. The second-order valence-electron chi connectivity index (χ2n) is 6.28. The van der Waals surface area contributed by atoms with Crippen LogP contribution in [0.15, 0.2) is 54.6 Å². The summed E-state index contributed by atoms with van der Waals surface area (Å²) in [6.07, 6.45) is 2.20. The zero-order chi connectivity index (χ0) is 16.5. The number of rotatable bonds is 9. The molecule has 1 unspecified atom stereocenters. The van der Waals surface area contributed by atoms with Crippen LogP contribution in [0.1, 0.15) is 23.5 Å². The third-order valence-electron chi connectivity index (χ3n) is 4.07. The zero-order valence-electron chi connectivity index (χ0n) is 14.1. The minimum Gasteiger partial charge on any atom is -0.315 e. The summed E-state index contributed by atoms with van der Waals surface area (Å²) in [5.41, 5.74) is 2.76. The number of nitrogens with zero attached hydrogens (tertiary/aromatic N) is 1. The molecule has 3 heteroatoms. The molecular formula is C20H27ClN2. The second-order valence-corrected chi connectivity index (χ2v) is 6.72. The Balaban J connectivity index is 1.95. The van der Waals surface area contributed by atoms with Crippen LogP contribution in [0.4, 0.5) is 0 Å². The van der Waals surface area contributed by atoms with Gasteiger partial charge in [-0.3, -0.25) is 0 Å². The highest BCUT2D eigenvalue weighted by Crippen LogP contribution is 2.25. The predicted molar refractivity (Wildman–Crippen MR) is 100 cm³/mol. The first-order valence-electron chi connectivity index (χ1n) is 8.30. The molecule has 0 aliphatic carbocycles. The van der Waals surface area contributed by atoms with Crippen LogP contribution < -0.4 is 5.32 Å². The minimum absolute atomic E-state index is 0.515. The Bertz CT molecular complexity index is 552. The largest absolute Gasteiger partial charge is 0.315 e. The van der Waals surface area contributed by atoms with Gasteiger partial charge in [0, 0.05) is 18.1 Å². The van der Waals surface area contributed by atoms with Gasteiger partial charge in [-0.1, -0.05) is 54.1 Å². The van der Waals surface area contributed by atoms with E-state index in [2.05, 4.69) is 66.8 Å². The molecule has 0 saturated heterocycles. The summed E-state index contributed by atoms with van der Waals surface area (Å²) in [6, 6.07) is 19.0. The lowest BCUT2D eigenvalue weighted by molar-refractivity contribution is 0.397. The normalized spacial score (nSPS) is 12.5. The summed E-state index contributed by atoms with van der Waals surface area (Å²) in [6.45, 7) is 3.14. The molecule has 0 saturated carbocycles. The SMILES string of the molecule is CN(C)CCNCCC(Cc1ccccc1)c1ccc(Cl)cc1. The fourth-order valence-electron chi connectivity index (χ4n) is 2.72. The van der Waals surface area contributed by atoms with Gasteiger partial charge in [-0.25, -0.2) is 0 Å². The molecule has 2 aromatic rings. The summed E-state index contributed by atoms with van der Waals surface area (Å²) >= 11 is 6.03. The first-order chi connectivity index (χ1) is 11.1. The lowest BCUT2D eigenvalue weighted by atomic mass is 9.89. The van der Waals surface area contributed by atoms with Gasteiger partial charge >= 0.3 is 0 Å². The lowest BCUT2D eigenvalue weighted by Gasteiger charge is -2.19. The standard InChI is InChI=1S/C20H27ClN2/c1-23(2)15-14-22-13-12-19(16-17-6-4-3-5-7-17)18-8-10-20(21)11-9-18/h3-11,19,22H,12-16H2,1-2H3. The third kappa shape index (κ3) is 6.74. The maximum absolute atomic E-state index is 6.03. The number of likely N-dealkylation sites (N-methyl/N-ethyl adjacent to an activating group) is 1. The van der Waals surface area contributed by atoms with E-state index in [1.807, 2.05) is 12.1 Å². The summed E-state index contributed by atoms with van der Waals surface area (Å²) < 4.78 is 0. The van der Waals surface area contributed by atoms with Gasteiger partial charge in [-0.2, -0.15) is 0 Å². The molecule has 2 nitrogen and oxygen atoms in total. The van der Waals surface area contributed by atoms with E-state index >= 15 is 0 Å². The van der Waals surface area contributed by atoms with E-state index in [1.54, 1.807) is 0 Å². The Morgan fingerprint density at radius 1 is 0.957 bits per heavy atom. The van der Waals surface area contributed by atoms with Crippen LogP contribution in [0, 0.1) is 0 Å². The molecule has 1 N–H and O–H groups in total. The van der Waals surface area contributed by atoms with E-state index in [9.17, 15) is 0 Å². The summed E-state index contributed by atoms with van der Waals surface area (Å²) in [5, 5.41) is 4.35. The molecule has 124 valence electrons. The van der Waals surface area contributed by atoms with Gasteiger partial charge in [0.25, 0.3) is 0 Å². The van der Waals surface area contributed by atoms with Crippen LogP contribution in [-0.4, -0.2) is 38.6 Å². The molecule has 0 radical (unpaired) electrons. The maximum atomic E-state index is 6.03. The van der Waals surface area contributed by atoms with Gasteiger partial charge in [-0.05, 0) is 62.7 Å². The monoisotopic (exact) mass is 330 g/mol. The topological polar surface area (TPSA) is 15.3 Å². The summed E-state index contributed by atoms with van der Waals surface area (Å²) in [7, 11) is 4.21. The average molecular weight is 331 g/mol. The van der Waals surface area contributed by atoms with Crippen LogP contribution >= 0.6 is 11.6 Å². The number of nitrogens with one attached hydrogen (secondary N) is 1. The van der Waals surface area contributed by atoms with E-state index in [0.29, 0.717) is 5.92 Å². The van der Waals surface area contributed by atoms with Crippen molar-refractivity contribution in [1.82, 2.24) is 10.2 Å². The molecule has 0 amide bonds. The minimum atomic E-state index is 0.515. The first kappa shape index (κ1) is 18.0. The number of hydrogen-bond acceptors (Lipinski definition) is 2. The highest BCUT2D eigenvalue weighted by atomic mass is 35.5. The highest BCUT2D eigenvalue weighted by Gasteiger charge is 2.12. The highest BCUT2D eigenvalue weighted by molar-refractivity contribution is 6.30. The van der Waals surface area contributed by atoms with Crippen LogP contribution in [0.3, 0.4) is 0 Å². The summed E-state index contributed by atoms with van der Waals surface area (Å²) in [4.78, 5) is 2.20. The van der Waals surface area contributed by atoms with Gasteiger partial charge in [-0.15, -0.1) is 0 Å². The van der Waals surface area contributed by atoms with Crippen molar-refractivity contribution in [3.63, 3.8) is 0 Å². The molecule has 0 fully saturated rings. The van der Waals surface area contributed by atoms with Crippen molar-refractivity contribution in [2.45, 2.75) is 18.8 Å². The first-order valence-corrected chi connectivity index (χ1v) is 8.68. The van der Waals surface area contributed by atoms with E-state index in [1.165, 1.54) is 11.1 Å². The van der Waals surface area contributed by atoms with Crippen molar-refractivity contribution >= 4 is 11.6 Å². The van der Waals surface area contributed by atoms with Gasteiger partial charge < -0.3 is 10.2 Å². The molecule has 2 aromatic carbocycles. The predicted octanol–water partition coefficient (Wildman–Crippen LogP) is 4.21. The van der Waals surface area contributed by atoms with Crippen molar-refractivity contribution in [2.24, 2.45) is 0 Å². The maximum Gasteiger partial charge on any atom is 0.0406 e. The van der Waals surface area contributed by atoms with Crippen LogP contribution in [0.5, 0.6) is 0 Å². The molecule has 0 spiro atoms. The molecule has 0 aromatic heterocycles. The molecule has 1 atom stereocenters. The van der Waals surface area contributed by atoms with Crippen LogP contribution in [0.2, 0.25) is 5.02 Å². The third-order valence-corrected chi connectivity index (χ3v) is 4.32. The van der Waals surface area contributed by atoms with Gasteiger partial charge in [0.1, 0.15) is 0 Å². The van der Waals surface area contributed by atoms with Gasteiger partial charge in [0.05, 0.1) is 0 Å². The van der Waals surface area contributed by atoms with E-state index < -0.39 is 0 Å². The Morgan fingerprint density at radius 3 is 2.30 bits per heavy atom. The van der Waals surface area contributed by atoms with E-state index in [0.717, 1.165) is 37.5 Å². The molecule has 0 aliphatic rings. The molecule has 0 aliphatic heterocycles. The van der Waals surface area contributed by atoms with Crippen molar-refractivity contribution in [2.75, 3.05) is 33.7 Å². The molecule has 23 heavy (non-hydrogen) atoms. The van der Waals surface area contributed by atoms with Gasteiger partial charge in [0.2, 0.25) is 0 Å².